The van der Waals surface area contributed by atoms with Gasteiger partial charge in [-0.05, 0) is 38.5 Å². The van der Waals surface area contributed by atoms with E-state index in [4.69, 9.17) is 0 Å². The summed E-state index contributed by atoms with van der Waals surface area (Å²) < 4.78 is 4.57. The molecule has 3 N–H and O–H groups in total. The molecule has 0 atom stereocenters. The van der Waals surface area contributed by atoms with Crippen molar-refractivity contribution in [3.05, 3.63) is 45.4 Å². The summed E-state index contributed by atoms with van der Waals surface area (Å²) in [6.07, 6.45) is -0.484. The lowest BCUT2D eigenvalue weighted by Crippen LogP contribution is -2.36. The molecule has 0 saturated carbocycles. The highest BCUT2D eigenvalue weighted by Crippen LogP contribution is 2.16. The molecule has 0 bridgehead atoms. The highest BCUT2D eigenvalue weighted by molar-refractivity contribution is 7.11. The van der Waals surface area contributed by atoms with E-state index < -0.39 is 6.09 Å². The fourth-order valence-corrected chi connectivity index (χ4v) is 3.02. The van der Waals surface area contributed by atoms with Gasteiger partial charge in [0.15, 0.2) is 5.96 Å². The first-order valence-electron chi connectivity index (χ1n) is 8.40. The number of methoxy groups -OCH3 is 1. The predicted octanol–water partition coefficient (Wildman–Crippen LogP) is 3.19. The van der Waals surface area contributed by atoms with Gasteiger partial charge in [0, 0.05) is 17.1 Å². The van der Waals surface area contributed by atoms with Crippen LogP contribution < -0.4 is 16.0 Å². The predicted molar refractivity (Wildman–Crippen MR) is 106 cm³/mol. The first-order valence-corrected chi connectivity index (χ1v) is 9.22. The van der Waals surface area contributed by atoms with Crippen LogP contribution in [0.25, 0.3) is 0 Å². The molecule has 1 amide bonds. The van der Waals surface area contributed by atoms with Crippen LogP contribution >= 0.6 is 11.3 Å². The SMILES string of the molecule is CCNC(=NCc1ccc(NC(=O)OC)cc1)NCc1nc(C)c(C)s1. The van der Waals surface area contributed by atoms with Crippen molar-refractivity contribution in [2.24, 2.45) is 4.99 Å². The zero-order valence-electron chi connectivity index (χ0n) is 15.5. The number of nitrogens with zero attached hydrogens (tertiary/aromatic N) is 2. The Morgan fingerprint density at radius 2 is 1.96 bits per heavy atom. The maximum absolute atomic E-state index is 11.2. The van der Waals surface area contributed by atoms with Gasteiger partial charge in [0.05, 0.1) is 25.9 Å². The molecule has 2 rings (SSSR count). The minimum absolute atomic E-state index is 0.484. The van der Waals surface area contributed by atoms with Crippen LogP contribution in [0.5, 0.6) is 0 Å². The molecule has 26 heavy (non-hydrogen) atoms. The zero-order valence-corrected chi connectivity index (χ0v) is 16.4. The van der Waals surface area contributed by atoms with Crippen LogP contribution in [0.1, 0.15) is 28.1 Å². The van der Waals surface area contributed by atoms with E-state index in [-0.39, 0.29) is 0 Å². The molecule has 0 spiro atoms. The first kappa shape index (κ1) is 19.7. The van der Waals surface area contributed by atoms with Crippen molar-refractivity contribution in [1.82, 2.24) is 15.6 Å². The molecule has 0 aliphatic carbocycles. The van der Waals surface area contributed by atoms with E-state index >= 15 is 0 Å². The highest BCUT2D eigenvalue weighted by Gasteiger charge is 2.05. The Morgan fingerprint density at radius 1 is 1.23 bits per heavy atom. The number of amides is 1. The molecule has 1 aromatic heterocycles. The van der Waals surface area contributed by atoms with Crippen molar-refractivity contribution in [2.45, 2.75) is 33.9 Å². The molecule has 0 aliphatic rings. The van der Waals surface area contributed by atoms with Crippen LogP contribution in [-0.4, -0.2) is 30.7 Å². The smallest absolute Gasteiger partial charge is 0.411 e. The lowest BCUT2D eigenvalue weighted by molar-refractivity contribution is 0.187. The second-order valence-corrected chi connectivity index (χ2v) is 6.90. The van der Waals surface area contributed by atoms with Gasteiger partial charge in [-0.3, -0.25) is 5.32 Å². The molecular weight excluding hydrogens is 350 g/mol. The summed E-state index contributed by atoms with van der Waals surface area (Å²) in [7, 11) is 1.34. The number of aliphatic imine (C=N–C) groups is 1. The van der Waals surface area contributed by atoms with E-state index in [1.807, 2.05) is 38.1 Å². The number of nitrogens with one attached hydrogen (secondary N) is 3. The number of aromatic nitrogens is 1. The second-order valence-electron chi connectivity index (χ2n) is 5.61. The number of carbonyl (C=O) groups is 1. The summed E-state index contributed by atoms with van der Waals surface area (Å²) in [5.74, 6) is 0.745. The lowest BCUT2D eigenvalue weighted by Gasteiger charge is -2.10. The molecule has 2 aromatic rings. The summed E-state index contributed by atoms with van der Waals surface area (Å²) in [5.41, 5.74) is 2.80. The van der Waals surface area contributed by atoms with Gasteiger partial charge in [0.1, 0.15) is 5.01 Å². The average Bonchev–Trinajstić information content (AvgIpc) is 2.96. The Balaban J connectivity index is 1.94. The molecule has 0 radical (unpaired) electrons. The quantitative estimate of drug-likeness (QED) is 0.533. The van der Waals surface area contributed by atoms with E-state index in [2.05, 4.69) is 37.6 Å². The van der Waals surface area contributed by atoms with Crippen molar-refractivity contribution in [3.8, 4) is 0 Å². The van der Waals surface area contributed by atoms with Crippen molar-refractivity contribution >= 4 is 29.1 Å². The Bertz CT molecular complexity index is 736. The maximum atomic E-state index is 11.2. The number of guanidine groups is 1. The van der Waals surface area contributed by atoms with E-state index in [0.717, 1.165) is 28.8 Å². The Hall–Kier alpha value is -2.61. The number of hydrogen-bond acceptors (Lipinski definition) is 5. The maximum Gasteiger partial charge on any atom is 0.411 e. The van der Waals surface area contributed by atoms with Crippen LogP contribution in [0, 0.1) is 13.8 Å². The third-order valence-electron chi connectivity index (χ3n) is 3.63. The van der Waals surface area contributed by atoms with Gasteiger partial charge >= 0.3 is 6.09 Å². The van der Waals surface area contributed by atoms with E-state index in [1.165, 1.54) is 12.0 Å². The zero-order chi connectivity index (χ0) is 18.9. The molecule has 0 saturated heterocycles. The summed E-state index contributed by atoms with van der Waals surface area (Å²) in [6.45, 7) is 8.09. The number of aryl methyl sites for hydroxylation is 2. The summed E-state index contributed by atoms with van der Waals surface area (Å²) in [6, 6.07) is 7.49. The van der Waals surface area contributed by atoms with Crippen LogP contribution in [-0.2, 0) is 17.8 Å². The summed E-state index contributed by atoms with van der Waals surface area (Å²) in [5, 5.41) is 10.2. The molecule has 0 unspecified atom stereocenters. The largest absolute Gasteiger partial charge is 0.453 e. The van der Waals surface area contributed by atoms with Crippen LogP contribution in [0.4, 0.5) is 10.5 Å². The van der Waals surface area contributed by atoms with Gasteiger partial charge in [-0.1, -0.05) is 12.1 Å². The van der Waals surface area contributed by atoms with Gasteiger partial charge in [0.25, 0.3) is 0 Å². The molecule has 8 heteroatoms. The summed E-state index contributed by atoms with van der Waals surface area (Å²) >= 11 is 1.70. The minimum atomic E-state index is -0.484. The molecule has 0 aliphatic heterocycles. The fraction of sp³-hybridized carbons (Fsp3) is 0.389. The number of rotatable bonds is 6. The Kier molecular flexibility index (Phi) is 7.40. The normalized spacial score (nSPS) is 11.2. The van der Waals surface area contributed by atoms with Crippen molar-refractivity contribution in [2.75, 3.05) is 19.0 Å². The van der Waals surface area contributed by atoms with Gasteiger partial charge in [0.2, 0.25) is 0 Å². The number of thiazole rings is 1. The fourth-order valence-electron chi connectivity index (χ4n) is 2.15. The lowest BCUT2D eigenvalue weighted by atomic mass is 10.2. The van der Waals surface area contributed by atoms with E-state index in [1.54, 1.807) is 11.3 Å². The molecule has 0 fully saturated rings. The average molecular weight is 375 g/mol. The number of hydrogen-bond donors (Lipinski definition) is 3. The third kappa shape index (κ3) is 6.03. The summed E-state index contributed by atoms with van der Waals surface area (Å²) in [4.78, 5) is 21.6. The number of carbonyl (C=O) groups excluding carboxylic acids is 1. The monoisotopic (exact) mass is 375 g/mol. The number of benzene rings is 1. The number of anilines is 1. The first-order chi connectivity index (χ1) is 12.5. The molecule has 7 nitrogen and oxygen atoms in total. The van der Waals surface area contributed by atoms with Crippen molar-refractivity contribution in [3.63, 3.8) is 0 Å². The number of ether oxygens (including phenoxy) is 1. The van der Waals surface area contributed by atoms with Crippen LogP contribution in [0.2, 0.25) is 0 Å². The van der Waals surface area contributed by atoms with Gasteiger partial charge < -0.3 is 15.4 Å². The highest BCUT2D eigenvalue weighted by atomic mass is 32.1. The van der Waals surface area contributed by atoms with Gasteiger partial charge in [-0.15, -0.1) is 11.3 Å². The molecule has 1 heterocycles. The topological polar surface area (TPSA) is 87.6 Å². The van der Waals surface area contributed by atoms with Crippen molar-refractivity contribution < 1.29 is 9.53 Å². The van der Waals surface area contributed by atoms with Crippen LogP contribution in [0.15, 0.2) is 29.3 Å². The molecular formula is C18H25N5O2S. The minimum Gasteiger partial charge on any atom is -0.453 e. The molecule has 1 aromatic carbocycles. The second kappa shape index (κ2) is 9.76. The Morgan fingerprint density at radius 3 is 2.54 bits per heavy atom. The van der Waals surface area contributed by atoms with Crippen molar-refractivity contribution in [1.29, 1.82) is 0 Å². The van der Waals surface area contributed by atoms with Gasteiger partial charge in [-0.2, -0.15) is 0 Å². The van der Waals surface area contributed by atoms with E-state index in [0.29, 0.717) is 18.8 Å². The van der Waals surface area contributed by atoms with Gasteiger partial charge in [-0.25, -0.2) is 14.8 Å². The molecule has 140 valence electrons. The standard InChI is InChI=1S/C18H25N5O2S/c1-5-19-17(21-11-16-22-12(2)13(3)26-16)20-10-14-6-8-15(9-7-14)23-18(24)25-4/h6-9H,5,10-11H2,1-4H3,(H,23,24)(H2,19,20,21). The van der Waals surface area contributed by atoms with E-state index in [9.17, 15) is 4.79 Å². The Labute approximate surface area is 157 Å². The van der Waals surface area contributed by atoms with Crippen LogP contribution in [0.3, 0.4) is 0 Å². The third-order valence-corrected chi connectivity index (χ3v) is 4.70.